The van der Waals surface area contributed by atoms with Crippen LogP contribution in [0.25, 0.3) is 0 Å². The highest BCUT2D eigenvalue weighted by molar-refractivity contribution is 5.98. The number of nitrogens with zero attached hydrogens (tertiary/aromatic N) is 2. The third kappa shape index (κ3) is 5.55. The number of urea groups is 1. The molecule has 0 fully saturated rings. The number of carbonyl (C=O) groups is 1. The molecule has 1 aromatic heterocycles. The van der Waals surface area contributed by atoms with Crippen LogP contribution in [-0.2, 0) is 12.6 Å². The lowest BCUT2D eigenvalue weighted by molar-refractivity contribution is -0.782. The van der Waals surface area contributed by atoms with Crippen molar-refractivity contribution in [2.24, 2.45) is 5.73 Å². The molecule has 7 nitrogen and oxygen atoms in total. The normalized spacial score (nSPS) is 12.4. The van der Waals surface area contributed by atoms with Crippen molar-refractivity contribution in [3.05, 3.63) is 71.9 Å². The second-order valence-electron chi connectivity index (χ2n) is 6.28. The van der Waals surface area contributed by atoms with Crippen LogP contribution < -0.4 is 21.0 Å². The summed E-state index contributed by atoms with van der Waals surface area (Å²) in [6.07, 6.45) is -2.42. The highest BCUT2D eigenvalue weighted by Gasteiger charge is 2.30. The third-order valence-electron chi connectivity index (χ3n) is 4.13. The van der Waals surface area contributed by atoms with Crippen molar-refractivity contribution >= 4 is 17.6 Å². The van der Waals surface area contributed by atoms with Crippen LogP contribution >= 0.6 is 0 Å². The maximum atomic E-state index is 12.8. The van der Waals surface area contributed by atoms with Crippen LogP contribution in [0, 0.1) is 0 Å². The zero-order valence-corrected chi connectivity index (χ0v) is 15.2. The van der Waals surface area contributed by atoms with Gasteiger partial charge in [0.15, 0.2) is 0 Å². The molecule has 0 aliphatic carbocycles. The van der Waals surface area contributed by atoms with Gasteiger partial charge in [0.2, 0.25) is 11.3 Å². The van der Waals surface area contributed by atoms with Gasteiger partial charge in [-0.1, -0.05) is 36.4 Å². The Morgan fingerprint density at radius 3 is 2.59 bits per heavy atom. The number of hydrogen-bond acceptors (Lipinski definition) is 4. The van der Waals surface area contributed by atoms with Gasteiger partial charge in [-0.25, -0.2) is 4.79 Å². The monoisotopic (exact) mass is 406 g/mol. The van der Waals surface area contributed by atoms with Gasteiger partial charge in [0, 0.05) is 12.1 Å². The summed E-state index contributed by atoms with van der Waals surface area (Å²) in [5, 5.41) is 8.57. The summed E-state index contributed by atoms with van der Waals surface area (Å²) < 4.78 is 44.8. The van der Waals surface area contributed by atoms with E-state index in [1.165, 1.54) is 23.0 Å². The van der Waals surface area contributed by atoms with Crippen molar-refractivity contribution in [2.75, 3.05) is 17.2 Å². The van der Waals surface area contributed by atoms with Gasteiger partial charge in [-0.05, 0) is 28.4 Å². The Balaban J connectivity index is 1.63. The Morgan fingerprint density at radius 2 is 1.90 bits per heavy atom. The van der Waals surface area contributed by atoms with Crippen molar-refractivity contribution in [1.82, 2.24) is 5.27 Å². The van der Waals surface area contributed by atoms with E-state index in [0.29, 0.717) is 13.0 Å². The van der Waals surface area contributed by atoms with Gasteiger partial charge in [-0.3, -0.25) is 9.84 Å². The molecule has 0 spiro atoms. The maximum Gasteiger partial charge on any atom is 0.416 e. The fraction of sp³-hybridized carbons (Fsp3) is 0.211. The molecule has 0 unspecified atom stereocenters. The zero-order chi connectivity index (χ0) is 20.9. The van der Waals surface area contributed by atoms with E-state index in [1.54, 1.807) is 0 Å². The molecular weight excluding hydrogens is 387 g/mol. The smallest absolute Gasteiger partial charge is 0.325 e. The number of nitrogens with one attached hydrogen (secondary N) is 2. The van der Waals surface area contributed by atoms with Crippen molar-refractivity contribution in [2.45, 2.75) is 18.6 Å². The van der Waals surface area contributed by atoms with E-state index in [0.717, 1.165) is 17.7 Å². The number of alkyl halides is 3. The van der Waals surface area contributed by atoms with Crippen molar-refractivity contribution in [3.63, 3.8) is 0 Å². The molecular formula is C19H19F3N5O2+. The Labute approximate surface area is 164 Å². The van der Waals surface area contributed by atoms with Crippen LogP contribution in [0.4, 0.5) is 29.5 Å². The summed E-state index contributed by atoms with van der Waals surface area (Å²) in [5.74, 6) is 0.0287. The highest BCUT2D eigenvalue weighted by Crippen LogP contribution is 2.30. The predicted octanol–water partition coefficient (Wildman–Crippen LogP) is 3.37. The number of amides is 2. The molecule has 1 heterocycles. The molecule has 0 aliphatic heterocycles. The summed E-state index contributed by atoms with van der Waals surface area (Å²) in [6.45, 7) is 0.294. The van der Waals surface area contributed by atoms with Gasteiger partial charge < -0.3 is 11.1 Å². The lowest BCUT2D eigenvalue weighted by atomic mass is 10.1. The van der Waals surface area contributed by atoms with Crippen LogP contribution in [0.3, 0.4) is 0 Å². The van der Waals surface area contributed by atoms with Crippen LogP contribution in [-0.4, -0.2) is 17.8 Å². The standard InChI is InChI=1S/C19H18F3N5O2/c20-19(21,22)14-7-4-8-15(10-14)24-18(28)25-17-12-27(26-29-17)16(11-23)9-13-5-2-1-3-6-13/h1-8,10,12,16H,9,11,23H2,(H-,24,25,26,28)/p+1/t16-/m0/s1. The molecule has 4 N–H and O–H groups in total. The summed E-state index contributed by atoms with van der Waals surface area (Å²) in [6, 6.07) is 13.0. The minimum Gasteiger partial charge on any atom is -0.325 e. The molecule has 0 saturated heterocycles. The Kier molecular flexibility index (Phi) is 6.13. The second-order valence-corrected chi connectivity index (χ2v) is 6.28. The van der Waals surface area contributed by atoms with Gasteiger partial charge >= 0.3 is 18.1 Å². The first-order chi connectivity index (χ1) is 13.8. The first kappa shape index (κ1) is 20.3. The molecule has 0 saturated carbocycles. The van der Waals surface area contributed by atoms with Crippen LogP contribution in [0.1, 0.15) is 17.2 Å². The van der Waals surface area contributed by atoms with Gasteiger partial charge in [0.05, 0.1) is 12.1 Å². The Morgan fingerprint density at radius 1 is 1.14 bits per heavy atom. The van der Waals surface area contributed by atoms with Crippen LogP contribution in [0.15, 0.2) is 65.3 Å². The van der Waals surface area contributed by atoms with Crippen LogP contribution in [0.5, 0.6) is 0 Å². The van der Waals surface area contributed by atoms with E-state index in [9.17, 15) is 18.0 Å². The number of rotatable bonds is 6. The molecule has 3 rings (SSSR count). The second kappa shape index (κ2) is 8.74. The van der Waals surface area contributed by atoms with E-state index in [1.807, 2.05) is 30.3 Å². The number of benzene rings is 2. The van der Waals surface area contributed by atoms with E-state index in [-0.39, 0.29) is 17.6 Å². The molecule has 3 aromatic rings. The number of nitrogens with two attached hydrogens (primary N) is 1. The molecule has 29 heavy (non-hydrogen) atoms. The average molecular weight is 406 g/mol. The van der Waals surface area contributed by atoms with Gasteiger partial charge in [-0.15, -0.1) is 0 Å². The summed E-state index contributed by atoms with van der Waals surface area (Å²) >= 11 is 0. The molecule has 152 valence electrons. The summed E-state index contributed by atoms with van der Waals surface area (Å²) in [5.41, 5.74) is 6.02. The highest BCUT2D eigenvalue weighted by atomic mass is 19.4. The van der Waals surface area contributed by atoms with Gasteiger partial charge in [-0.2, -0.15) is 13.2 Å². The largest absolute Gasteiger partial charge is 0.416 e. The molecule has 10 heteroatoms. The molecule has 2 aromatic carbocycles. The lowest BCUT2D eigenvalue weighted by Crippen LogP contribution is -2.45. The van der Waals surface area contributed by atoms with Crippen molar-refractivity contribution < 1.29 is 27.2 Å². The molecule has 0 bridgehead atoms. The molecule has 0 aliphatic rings. The molecule has 1 atom stereocenters. The molecule has 2 amide bonds. The first-order valence-electron chi connectivity index (χ1n) is 8.72. The van der Waals surface area contributed by atoms with Crippen molar-refractivity contribution in [3.8, 4) is 0 Å². The number of halogens is 3. The minimum absolute atomic E-state index is 0.00590. The summed E-state index contributed by atoms with van der Waals surface area (Å²) in [4.78, 5) is 12.1. The van der Waals surface area contributed by atoms with Crippen molar-refractivity contribution in [1.29, 1.82) is 0 Å². The maximum absolute atomic E-state index is 12.8. The molecule has 0 radical (unpaired) electrons. The minimum atomic E-state index is -4.50. The topological polar surface area (TPSA) is 97.1 Å². The van der Waals surface area contributed by atoms with E-state index >= 15 is 0 Å². The lowest BCUT2D eigenvalue weighted by Gasteiger charge is -2.09. The first-order valence-corrected chi connectivity index (χ1v) is 8.72. The SMILES string of the molecule is NC[C@H](Cc1ccccc1)[n+]1cc(NC(=O)Nc2cccc(C(F)(F)F)c2)on1. The van der Waals surface area contributed by atoms with E-state index in [2.05, 4.69) is 15.9 Å². The Hall–Kier alpha value is -3.40. The average Bonchev–Trinajstić information content (AvgIpc) is 3.14. The van der Waals surface area contributed by atoms with E-state index in [4.69, 9.17) is 10.3 Å². The fourth-order valence-corrected chi connectivity index (χ4v) is 2.70. The predicted molar refractivity (Wildman–Crippen MR) is 99.0 cm³/mol. The van der Waals surface area contributed by atoms with E-state index < -0.39 is 17.8 Å². The van der Waals surface area contributed by atoms with Crippen LogP contribution in [0.2, 0.25) is 0 Å². The quantitative estimate of drug-likeness (QED) is 0.547. The fourth-order valence-electron chi connectivity index (χ4n) is 2.70. The number of carbonyl (C=O) groups excluding carboxylic acids is 1. The number of anilines is 2. The zero-order valence-electron chi connectivity index (χ0n) is 15.2. The van der Waals surface area contributed by atoms with Gasteiger partial charge in [0.1, 0.15) is 0 Å². The Bertz CT molecular complexity index is 960. The number of hydrogen-bond donors (Lipinski definition) is 3. The third-order valence-corrected chi connectivity index (χ3v) is 4.13. The van der Waals surface area contributed by atoms with Gasteiger partial charge in [0.25, 0.3) is 6.20 Å². The number of aromatic nitrogens is 2. The summed E-state index contributed by atoms with van der Waals surface area (Å²) in [7, 11) is 0.